The van der Waals surface area contributed by atoms with E-state index in [9.17, 15) is 4.79 Å². The quantitative estimate of drug-likeness (QED) is 0.668. The molecule has 0 aliphatic carbocycles. The summed E-state index contributed by atoms with van der Waals surface area (Å²) in [5.41, 5.74) is 0.502. The Balaban J connectivity index is 2.40. The third-order valence-corrected chi connectivity index (χ3v) is 2.34. The molecular weight excluding hydrogens is 188 g/mol. The van der Waals surface area contributed by atoms with Crippen molar-refractivity contribution in [3.05, 3.63) is 26.9 Å². The van der Waals surface area contributed by atoms with E-state index in [2.05, 4.69) is 9.97 Å². The number of aromatic amines is 2. The Kier molecular flexibility index (Phi) is 2.28. The first kappa shape index (κ1) is 8.65. The van der Waals surface area contributed by atoms with Crippen molar-refractivity contribution in [3.8, 4) is 0 Å². The van der Waals surface area contributed by atoms with Gasteiger partial charge < -0.3 is 9.72 Å². The van der Waals surface area contributed by atoms with Gasteiger partial charge in [0.2, 0.25) is 0 Å². The van der Waals surface area contributed by atoms with E-state index in [1.165, 1.54) is 0 Å². The van der Waals surface area contributed by atoms with Crippen LogP contribution in [0.2, 0.25) is 0 Å². The van der Waals surface area contributed by atoms with Crippen molar-refractivity contribution in [2.45, 2.75) is 18.9 Å². The number of hydrogen-bond donors (Lipinski definition) is 2. The van der Waals surface area contributed by atoms with E-state index in [4.69, 9.17) is 17.0 Å². The molecule has 0 amide bonds. The second kappa shape index (κ2) is 3.43. The monoisotopic (exact) mass is 198 g/mol. The molecule has 1 aromatic rings. The zero-order chi connectivity index (χ0) is 9.26. The van der Waals surface area contributed by atoms with Gasteiger partial charge >= 0.3 is 0 Å². The maximum atomic E-state index is 11.4. The van der Waals surface area contributed by atoms with Gasteiger partial charge in [0.15, 0.2) is 4.77 Å². The Morgan fingerprint density at radius 1 is 1.62 bits per heavy atom. The Morgan fingerprint density at radius 3 is 3.08 bits per heavy atom. The summed E-state index contributed by atoms with van der Waals surface area (Å²) in [5.74, 6) is 0. The van der Waals surface area contributed by atoms with E-state index in [0.717, 1.165) is 19.4 Å². The summed E-state index contributed by atoms with van der Waals surface area (Å²) in [6.07, 6.45) is 3.50. The fraction of sp³-hybridized carbons (Fsp3) is 0.500. The van der Waals surface area contributed by atoms with E-state index in [0.29, 0.717) is 10.3 Å². The van der Waals surface area contributed by atoms with E-state index in [1.807, 2.05) is 0 Å². The fourth-order valence-corrected chi connectivity index (χ4v) is 1.63. The number of H-pyrrole nitrogens is 2. The van der Waals surface area contributed by atoms with Crippen molar-refractivity contribution in [2.75, 3.05) is 6.61 Å². The zero-order valence-corrected chi connectivity index (χ0v) is 7.82. The Hall–Kier alpha value is -0.940. The number of rotatable bonds is 1. The van der Waals surface area contributed by atoms with Gasteiger partial charge in [0.25, 0.3) is 5.56 Å². The van der Waals surface area contributed by atoms with Gasteiger partial charge in [-0.2, -0.15) is 0 Å². The molecule has 0 aromatic carbocycles. The summed E-state index contributed by atoms with van der Waals surface area (Å²) in [7, 11) is 0. The molecule has 70 valence electrons. The molecule has 0 saturated carbocycles. The van der Waals surface area contributed by atoms with E-state index in [1.54, 1.807) is 6.20 Å². The highest BCUT2D eigenvalue weighted by atomic mass is 32.1. The highest BCUT2D eigenvalue weighted by Crippen LogP contribution is 2.25. The van der Waals surface area contributed by atoms with Crippen LogP contribution in [0.15, 0.2) is 11.0 Å². The molecule has 0 spiro atoms. The van der Waals surface area contributed by atoms with Crippen molar-refractivity contribution in [1.29, 1.82) is 0 Å². The van der Waals surface area contributed by atoms with Crippen LogP contribution in [-0.2, 0) is 4.74 Å². The summed E-state index contributed by atoms with van der Waals surface area (Å²) in [4.78, 5) is 16.7. The van der Waals surface area contributed by atoms with Crippen LogP contribution in [0.5, 0.6) is 0 Å². The first-order valence-electron chi connectivity index (χ1n) is 4.21. The lowest BCUT2D eigenvalue weighted by atomic mass is 10.1. The second-order valence-corrected chi connectivity index (χ2v) is 3.44. The third-order valence-electron chi connectivity index (χ3n) is 2.12. The molecular formula is C8H10N2O2S. The normalized spacial score (nSPS) is 22.0. The van der Waals surface area contributed by atoms with Crippen LogP contribution in [0.25, 0.3) is 0 Å². The van der Waals surface area contributed by atoms with Crippen LogP contribution in [0.4, 0.5) is 0 Å². The molecule has 1 unspecified atom stereocenters. The summed E-state index contributed by atoms with van der Waals surface area (Å²) >= 11 is 4.78. The second-order valence-electron chi connectivity index (χ2n) is 3.03. The maximum absolute atomic E-state index is 11.4. The van der Waals surface area contributed by atoms with Gasteiger partial charge in [0, 0.05) is 12.8 Å². The summed E-state index contributed by atoms with van der Waals surface area (Å²) < 4.78 is 5.74. The molecule has 0 bridgehead atoms. The minimum Gasteiger partial charge on any atom is -0.373 e. The molecule has 1 atom stereocenters. The van der Waals surface area contributed by atoms with Crippen LogP contribution in [0.1, 0.15) is 24.5 Å². The molecule has 1 aromatic heterocycles. The standard InChI is InChI=1S/C8H10N2O2S/c11-7-5(4-9-8(13)10-7)6-2-1-3-12-6/h4,6H,1-3H2,(H2,9,10,11,13). The first-order valence-corrected chi connectivity index (χ1v) is 4.62. The highest BCUT2D eigenvalue weighted by Gasteiger charge is 2.20. The van der Waals surface area contributed by atoms with Crippen LogP contribution in [0.3, 0.4) is 0 Å². The van der Waals surface area contributed by atoms with Crippen LogP contribution >= 0.6 is 12.2 Å². The molecule has 1 aliphatic rings. The van der Waals surface area contributed by atoms with E-state index in [-0.39, 0.29) is 11.7 Å². The van der Waals surface area contributed by atoms with Crippen LogP contribution in [-0.4, -0.2) is 16.6 Å². The number of aromatic nitrogens is 2. The fourth-order valence-electron chi connectivity index (χ4n) is 1.48. The van der Waals surface area contributed by atoms with Gasteiger partial charge in [0.1, 0.15) is 0 Å². The molecule has 1 aliphatic heterocycles. The molecule has 1 saturated heterocycles. The average Bonchev–Trinajstić information content (AvgIpc) is 2.56. The average molecular weight is 198 g/mol. The molecule has 1 fully saturated rings. The summed E-state index contributed by atoms with van der Waals surface area (Å²) in [6.45, 7) is 0.736. The Morgan fingerprint density at radius 2 is 2.46 bits per heavy atom. The summed E-state index contributed by atoms with van der Waals surface area (Å²) in [6, 6.07) is 0. The van der Waals surface area contributed by atoms with Crippen molar-refractivity contribution in [1.82, 2.24) is 9.97 Å². The number of nitrogens with one attached hydrogen (secondary N) is 2. The van der Waals surface area contributed by atoms with Crippen LogP contribution in [0, 0.1) is 4.77 Å². The lowest BCUT2D eigenvalue weighted by Crippen LogP contribution is -2.16. The topological polar surface area (TPSA) is 57.9 Å². The molecule has 2 heterocycles. The molecule has 4 nitrogen and oxygen atoms in total. The zero-order valence-electron chi connectivity index (χ0n) is 7.00. The number of hydrogen-bond acceptors (Lipinski definition) is 3. The van der Waals surface area contributed by atoms with E-state index < -0.39 is 0 Å². The van der Waals surface area contributed by atoms with Crippen molar-refractivity contribution >= 4 is 12.2 Å². The SMILES string of the molecule is O=c1[nH]c(=S)[nH]cc1C1CCCO1. The molecule has 2 rings (SSSR count). The van der Waals surface area contributed by atoms with Crippen LogP contribution < -0.4 is 5.56 Å². The largest absolute Gasteiger partial charge is 0.373 e. The molecule has 2 N–H and O–H groups in total. The van der Waals surface area contributed by atoms with Crippen molar-refractivity contribution < 1.29 is 4.74 Å². The number of ether oxygens (including phenoxy) is 1. The van der Waals surface area contributed by atoms with Gasteiger partial charge in [-0.05, 0) is 25.1 Å². The Bertz CT molecular complexity index is 403. The molecule has 13 heavy (non-hydrogen) atoms. The maximum Gasteiger partial charge on any atom is 0.257 e. The Labute approximate surface area is 80.0 Å². The summed E-state index contributed by atoms with van der Waals surface area (Å²) in [5, 5.41) is 0. The third kappa shape index (κ3) is 1.71. The molecule has 0 radical (unpaired) electrons. The van der Waals surface area contributed by atoms with Gasteiger partial charge in [-0.3, -0.25) is 9.78 Å². The van der Waals surface area contributed by atoms with Crippen molar-refractivity contribution in [2.24, 2.45) is 0 Å². The predicted molar refractivity (Wildman–Crippen MR) is 50.2 cm³/mol. The smallest absolute Gasteiger partial charge is 0.257 e. The van der Waals surface area contributed by atoms with Gasteiger partial charge in [-0.15, -0.1) is 0 Å². The van der Waals surface area contributed by atoms with Crippen molar-refractivity contribution in [3.63, 3.8) is 0 Å². The lowest BCUT2D eigenvalue weighted by molar-refractivity contribution is 0.110. The van der Waals surface area contributed by atoms with Gasteiger partial charge in [0.05, 0.1) is 11.7 Å². The minimum absolute atomic E-state index is 0.0596. The minimum atomic E-state index is -0.143. The predicted octanol–water partition coefficient (Wildman–Crippen LogP) is 1.28. The first-order chi connectivity index (χ1) is 6.27. The molecule has 5 heteroatoms. The van der Waals surface area contributed by atoms with E-state index >= 15 is 0 Å². The highest BCUT2D eigenvalue weighted by molar-refractivity contribution is 7.71. The van der Waals surface area contributed by atoms with Gasteiger partial charge in [-0.1, -0.05) is 0 Å². The lowest BCUT2D eigenvalue weighted by Gasteiger charge is -2.06. The van der Waals surface area contributed by atoms with Gasteiger partial charge in [-0.25, -0.2) is 0 Å².